The van der Waals surface area contributed by atoms with Crippen molar-refractivity contribution < 1.29 is 0 Å². The Kier molecular flexibility index (Phi) is 6.04. The van der Waals surface area contributed by atoms with Gasteiger partial charge in [-0.05, 0) is 91.9 Å². The Labute approximate surface area is 250 Å². The van der Waals surface area contributed by atoms with E-state index in [1.807, 2.05) is 6.07 Å². The van der Waals surface area contributed by atoms with E-state index in [4.69, 9.17) is 4.98 Å². The fraction of sp³-hybridized carbons (Fsp3) is 0.0513. The first-order chi connectivity index (χ1) is 21.3. The lowest BCUT2D eigenvalue weighted by molar-refractivity contribution is 0.796. The number of para-hydroxylation sites is 5. The second-order valence-corrected chi connectivity index (χ2v) is 10.8. The summed E-state index contributed by atoms with van der Waals surface area (Å²) in [5.74, 6) is 0.997. The van der Waals surface area contributed by atoms with Gasteiger partial charge in [0, 0.05) is 45.6 Å². The number of fused-ring (bicyclic) bond motifs is 4. The Bertz CT molecular complexity index is 2150. The Balaban J connectivity index is 1.21. The SMILES string of the molecule is CCn1c(-c2ccc(N(c3ccccc3)c3ccc(-n4c5ccccc5c5ccccc54)cc3)cc2)nc2ccccc21. The Hall–Kier alpha value is -5.61. The summed E-state index contributed by atoms with van der Waals surface area (Å²) in [6, 6.07) is 53.8. The number of hydrogen-bond donors (Lipinski definition) is 0. The fourth-order valence-electron chi connectivity index (χ4n) is 6.35. The van der Waals surface area contributed by atoms with E-state index in [2.05, 4.69) is 167 Å². The van der Waals surface area contributed by atoms with Gasteiger partial charge in [-0.1, -0.05) is 66.7 Å². The molecule has 8 rings (SSSR count). The van der Waals surface area contributed by atoms with Crippen molar-refractivity contribution in [3.05, 3.63) is 152 Å². The van der Waals surface area contributed by atoms with Crippen molar-refractivity contribution in [3.8, 4) is 17.1 Å². The zero-order valence-electron chi connectivity index (χ0n) is 23.9. The van der Waals surface area contributed by atoms with E-state index >= 15 is 0 Å². The van der Waals surface area contributed by atoms with Gasteiger partial charge in [-0.15, -0.1) is 0 Å². The molecular formula is C39H30N4. The normalized spacial score (nSPS) is 11.5. The highest BCUT2D eigenvalue weighted by atomic mass is 15.1. The molecule has 0 radical (unpaired) electrons. The van der Waals surface area contributed by atoms with Crippen LogP contribution in [0.2, 0.25) is 0 Å². The average Bonchev–Trinajstić information content (AvgIpc) is 3.62. The molecule has 8 aromatic rings. The van der Waals surface area contributed by atoms with E-state index in [0.717, 1.165) is 46.2 Å². The van der Waals surface area contributed by atoms with Crippen LogP contribution in [0.3, 0.4) is 0 Å². The third-order valence-corrected chi connectivity index (χ3v) is 8.32. The molecule has 2 aromatic heterocycles. The van der Waals surface area contributed by atoms with Gasteiger partial charge in [-0.3, -0.25) is 0 Å². The van der Waals surface area contributed by atoms with Crippen LogP contribution in [0.25, 0.3) is 49.9 Å². The van der Waals surface area contributed by atoms with E-state index in [1.165, 1.54) is 27.3 Å². The van der Waals surface area contributed by atoms with E-state index in [9.17, 15) is 0 Å². The van der Waals surface area contributed by atoms with Crippen LogP contribution in [0.1, 0.15) is 6.92 Å². The summed E-state index contributed by atoms with van der Waals surface area (Å²) in [5, 5.41) is 2.54. The number of benzene rings is 6. The minimum atomic E-state index is 0.867. The van der Waals surface area contributed by atoms with Gasteiger partial charge in [0.05, 0.1) is 22.1 Å². The molecular weight excluding hydrogens is 524 g/mol. The quantitative estimate of drug-likeness (QED) is 0.204. The van der Waals surface area contributed by atoms with Crippen molar-refractivity contribution in [2.75, 3.05) is 4.90 Å². The summed E-state index contributed by atoms with van der Waals surface area (Å²) in [4.78, 5) is 7.28. The lowest BCUT2D eigenvalue weighted by Crippen LogP contribution is -2.10. The minimum Gasteiger partial charge on any atom is -0.324 e. The van der Waals surface area contributed by atoms with Gasteiger partial charge in [0.2, 0.25) is 0 Å². The van der Waals surface area contributed by atoms with Crippen LogP contribution in [0.15, 0.2) is 152 Å². The summed E-state index contributed by atoms with van der Waals surface area (Å²) in [7, 11) is 0. The fourth-order valence-corrected chi connectivity index (χ4v) is 6.35. The number of anilines is 3. The second kappa shape index (κ2) is 10.3. The third-order valence-electron chi connectivity index (χ3n) is 8.32. The maximum atomic E-state index is 4.97. The highest BCUT2D eigenvalue weighted by Gasteiger charge is 2.16. The number of aromatic nitrogens is 3. The molecule has 0 saturated heterocycles. The molecule has 0 amide bonds. The number of imidazole rings is 1. The van der Waals surface area contributed by atoms with Gasteiger partial charge in [0.1, 0.15) is 5.82 Å². The van der Waals surface area contributed by atoms with Crippen LogP contribution < -0.4 is 4.90 Å². The molecule has 6 aromatic carbocycles. The summed E-state index contributed by atoms with van der Waals surface area (Å²) in [6.07, 6.45) is 0. The molecule has 0 unspecified atom stereocenters. The highest BCUT2D eigenvalue weighted by Crippen LogP contribution is 2.37. The van der Waals surface area contributed by atoms with Crippen molar-refractivity contribution in [1.82, 2.24) is 14.1 Å². The molecule has 0 bridgehead atoms. The molecule has 43 heavy (non-hydrogen) atoms. The third kappa shape index (κ3) is 4.19. The van der Waals surface area contributed by atoms with Crippen molar-refractivity contribution in [2.24, 2.45) is 0 Å². The molecule has 206 valence electrons. The lowest BCUT2D eigenvalue weighted by Gasteiger charge is -2.26. The molecule has 4 heteroatoms. The number of nitrogens with zero attached hydrogens (tertiary/aromatic N) is 4. The molecule has 0 aliphatic heterocycles. The maximum absolute atomic E-state index is 4.97. The number of aryl methyl sites for hydroxylation is 1. The first kappa shape index (κ1) is 25.1. The van der Waals surface area contributed by atoms with Gasteiger partial charge in [0.15, 0.2) is 0 Å². The predicted molar refractivity (Wildman–Crippen MR) is 180 cm³/mol. The number of hydrogen-bond acceptors (Lipinski definition) is 2. The average molecular weight is 555 g/mol. The van der Waals surface area contributed by atoms with Crippen LogP contribution >= 0.6 is 0 Å². The monoisotopic (exact) mass is 554 g/mol. The topological polar surface area (TPSA) is 26.0 Å². The minimum absolute atomic E-state index is 0.867. The van der Waals surface area contributed by atoms with Crippen LogP contribution in [0, 0.1) is 0 Å². The molecule has 4 nitrogen and oxygen atoms in total. The van der Waals surface area contributed by atoms with Gasteiger partial charge in [-0.2, -0.15) is 0 Å². The molecule has 0 fully saturated rings. The van der Waals surface area contributed by atoms with Crippen LogP contribution in [-0.2, 0) is 6.54 Å². The molecule has 0 spiro atoms. The largest absolute Gasteiger partial charge is 0.324 e. The molecule has 0 aliphatic rings. The summed E-state index contributed by atoms with van der Waals surface area (Å²) in [5.41, 5.74) is 10.2. The summed E-state index contributed by atoms with van der Waals surface area (Å²) < 4.78 is 4.64. The molecule has 0 atom stereocenters. The Morgan fingerprint density at radius 2 is 1.02 bits per heavy atom. The van der Waals surface area contributed by atoms with Crippen molar-refractivity contribution in [2.45, 2.75) is 13.5 Å². The van der Waals surface area contributed by atoms with Gasteiger partial charge >= 0.3 is 0 Å². The van der Waals surface area contributed by atoms with Crippen LogP contribution in [0.4, 0.5) is 17.1 Å². The Morgan fingerprint density at radius 3 is 1.65 bits per heavy atom. The summed E-state index contributed by atoms with van der Waals surface area (Å²) >= 11 is 0. The molecule has 2 heterocycles. The maximum Gasteiger partial charge on any atom is 0.141 e. The highest BCUT2D eigenvalue weighted by molar-refractivity contribution is 6.09. The van der Waals surface area contributed by atoms with Crippen molar-refractivity contribution >= 4 is 49.9 Å². The van der Waals surface area contributed by atoms with Crippen LogP contribution in [0.5, 0.6) is 0 Å². The van der Waals surface area contributed by atoms with Crippen molar-refractivity contribution in [3.63, 3.8) is 0 Å². The van der Waals surface area contributed by atoms with E-state index in [-0.39, 0.29) is 0 Å². The smallest absolute Gasteiger partial charge is 0.141 e. The van der Waals surface area contributed by atoms with Gasteiger partial charge in [-0.25, -0.2) is 4.98 Å². The zero-order valence-corrected chi connectivity index (χ0v) is 23.9. The first-order valence-electron chi connectivity index (χ1n) is 14.8. The standard InChI is InChI=1S/C39H30N4/c1-2-41-38-19-11-8-16-35(38)40-39(41)28-20-22-30(23-21-28)42(29-12-4-3-5-13-29)31-24-26-32(27-25-31)43-36-17-9-6-14-33(36)34-15-7-10-18-37(34)43/h3-27H,2H2,1H3. The lowest BCUT2D eigenvalue weighted by atomic mass is 10.1. The summed E-state index contributed by atoms with van der Waals surface area (Å²) in [6.45, 7) is 3.04. The molecule has 0 saturated carbocycles. The van der Waals surface area contributed by atoms with Gasteiger partial charge < -0.3 is 14.0 Å². The molecule has 0 N–H and O–H groups in total. The number of rotatable bonds is 6. The second-order valence-electron chi connectivity index (χ2n) is 10.8. The zero-order chi connectivity index (χ0) is 28.8. The predicted octanol–water partition coefficient (Wildman–Crippen LogP) is 10.3. The molecule has 0 aliphatic carbocycles. The van der Waals surface area contributed by atoms with E-state index in [0.29, 0.717) is 0 Å². The van der Waals surface area contributed by atoms with E-state index in [1.54, 1.807) is 0 Å². The van der Waals surface area contributed by atoms with Crippen molar-refractivity contribution in [1.29, 1.82) is 0 Å². The van der Waals surface area contributed by atoms with Gasteiger partial charge in [0.25, 0.3) is 0 Å². The van der Waals surface area contributed by atoms with E-state index < -0.39 is 0 Å². The first-order valence-corrected chi connectivity index (χ1v) is 14.8. The Morgan fingerprint density at radius 1 is 0.512 bits per heavy atom. The van der Waals surface area contributed by atoms with Crippen LogP contribution in [-0.4, -0.2) is 14.1 Å².